The summed E-state index contributed by atoms with van der Waals surface area (Å²) in [4.78, 5) is 4.42. The highest BCUT2D eigenvalue weighted by Crippen LogP contribution is 2.17. The van der Waals surface area contributed by atoms with Crippen molar-refractivity contribution in [1.82, 2.24) is 14.8 Å². The number of fused-ring (bicyclic) bond motifs is 1. The molecule has 3 aromatic rings. The summed E-state index contributed by atoms with van der Waals surface area (Å²) in [6.45, 7) is 3.81. The number of pyridine rings is 1. The molecule has 4 nitrogen and oxygen atoms in total. The van der Waals surface area contributed by atoms with Gasteiger partial charge in [0.2, 0.25) is 0 Å². The molecular formula is C16H18N4. The molecule has 1 aromatic carbocycles. The van der Waals surface area contributed by atoms with Crippen molar-refractivity contribution in [1.29, 1.82) is 0 Å². The molecule has 4 heteroatoms. The molecule has 0 radical (unpaired) electrons. The minimum Gasteiger partial charge on any atom is -0.370 e. The average molecular weight is 266 g/mol. The van der Waals surface area contributed by atoms with Crippen LogP contribution in [0.2, 0.25) is 0 Å². The molecule has 2 heterocycles. The first-order chi connectivity index (χ1) is 9.88. The van der Waals surface area contributed by atoms with Gasteiger partial charge in [0.1, 0.15) is 5.82 Å². The van der Waals surface area contributed by atoms with Gasteiger partial charge in [0.25, 0.3) is 0 Å². The van der Waals surface area contributed by atoms with E-state index in [4.69, 9.17) is 0 Å². The van der Waals surface area contributed by atoms with Crippen LogP contribution in [0.1, 0.15) is 18.9 Å². The van der Waals surface area contributed by atoms with E-state index in [1.807, 2.05) is 35.3 Å². The minimum atomic E-state index is 0.730. The third-order valence-corrected chi connectivity index (χ3v) is 3.30. The number of nitrogens with one attached hydrogen (secondary N) is 1. The Kier molecular flexibility index (Phi) is 3.63. The molecule has 0 unspecified atom stereocenters. The van der Waals surface area contributed by atoms with Gasteiger partial charge in [-0.3, -0.25) is 4.68 Å². The van der Waals surface area contributed by atoms with Crippen molar-refractivity contribution >= 4 is 16.7 Å². The lowest BCUT2D eigenvalue weighted by Gasteiger charge is -2.10. The highest BCUT2D eigenvalue weighted by Gasteiger charge is 2.06. The van der Waals surface area contributed by atoms with E-state index in [2.05, 4.69) is 40.5 Å². The fourth-order valence-electron chi connectivity index (χ4n) is 2.28. The molecular weight excluding hydrogens is 248 g/mol. The van der Waals surface area contributed by atoms with E-state index in [9.17, 15) is 0 Å². The Balaban J connectivity index is 1.91. The summed E-state index contributed by atoms with van der Waals surface area (Å²) in [5.41, 5.74) is 2.31. The summed E-state index contributed by atoms with van der Waals surface area (Å²) in [5, 5.41) is 9.01. The molecule has 3 rings (SSSR count). The van der Waals surface area contributed by atoms with Crippen molar-refractivity contribution in [2.45, 2.75) is 19.9 Å². The number of hydrogen-bond donors (Lipinski definition) is 1. The molecule has 20 heavy (non-hydrogen) atoms. The van der Waals surface area contributed by atoms with Crippen molar-refractivity contribution in [2.24, 2.45) is 0 Å². The smallest absolute Gasteiger partial charge is 0.131 e. The molecule has 0 aliphatic carbocycles. The lowest BCUT2D eigenvalue weighted by Crippen LogP contribution is -2.08. The van der Waals surface area contributed by atoms with E-state index in [-0.39, 0.29) is 0 Å². The summed E-state index contributed by atoms with van der Waals surface area (Å²) in [6.07, 6.45) is 4.81. The third-order valence-electron chi connectivity index (χ3n) is 3.30. The van der Waals surface area contributed by atoms with Crippen LogP contribution in [0.5, 0.6) is 0 Å². The molecule has 0 atom stereocenters. The Morgan fingerprint density at radius 3 is 2.95 bits per heavy atom. The summed E-state index contributed by atoms with van der Waals surface area (Å²) in [6, 6.07) is 12.3. The number of rotatable bonds is 5. The SMILES string of the molecule is CCCNc1ncccc1Cn1ncc2ccccc21. The highest BCUT2D eigenvalue weighted by atomic mass is 15.3. The molecule has 0 spiro atoms. The Bertz CT molecular complexity index is 702. The molecule has 2 aromatic heterocycles. The average Bonchev–Trinajstić information content (AvgIpc) is 2.90. The first kappa shape index (κ1) is 12.7. The second-order valence-corrected chi connectivity index (χ2v) is 4.80. The normalized spacial score (nSPS) is 10.8. The molecule has 0 saturated heterocycles. The van der Waals surface area contributed by atoms with Crippen LogP contribution in [-0.2, 0) is 6.54 Å². The highest BCUT2D eigenvalue weighted by molar-refractivity contribution is 5.78. The standard InChI is InChI=1S/C16H18N4/c1-2-9-17-16-14(7-5-10-18-16)12-20-15-8-4-3-6-13(15)11-19-20/h3-8,10-11H,2,9,12H2,1H3,(H,17,18). The molecule has 102 valence electrons. The van der Waals surface area contributed by atoms with Crippen molar-refractivity contribution in [3.05, 3.63) is 54.4 Å². The monoisotopic (exact) mass is 266 g/mol. The molecule has 0 amide bonds. The second-order valence-electron chi connectivity index (χ2n) is 4.80. The minimum absolute atomic E-state index is 0.730. The lowest BCUT2D eigenvalue weighted by atomic mass is 10.2. The predicted octanol–water partition coefficient (Wildman–Crippen LogP) is 3.30. The second kappa shape index (κ2) is 5.74. The van der Waals surface area contributed by atoms with Gasteiger partial charge < -0.3 is 5.32 Å². The largest absolute Gasteiger partial charge is 0.370 e. The quantitative estimate of drug-likeness (QED) is 0.770. The number of nitrogens with zero attached hydrogens (tertiary/aromatic N) is 3. The Morgan fingerprint density at radius 1 is 1.15 bits per heavy atom. The third kappa shape index (κ3) is 2.50. The van der Waals surface area contributed by atoms with E-state index in [0.717, 1.165) is 36.4 Å². The van der Waals surface area contributed by atoms with Gasteiger partial charge in [0.15, 0.2) is 0 Å². The van der Waals surface area contributed by atoms with Gasteiger partial charge in [-0.25, -0.2) is 4.98 Å². The zero-order chi connectivity index (χ0) is 13.8. The topological polar surface area (TPSA) is 42.7 Å². The van der Waals surface area contributed by atoms with Crippen LogP contribution in [0.3, 0.4) is 0 Å². The van der Waals surface area contributed by atoms with Crippen LogP contribution in [0.15, 0.2) is 48.8 Å². The Hall–Kier alpha value is -2.36. The molecule has 0 aliphatic rings. The van der Waals surface area contributed by atoms with Crippen LogP contribution < -0.4 is 5.32 Å². The molecule has 0 aliphatic heterocycles. The first-order valence-electron chi connectivity index (χ1n) is 6.97. The summed E-state index contributed by atoms with van der Waals surface area (Å²) in [7, 11) is 0. The summed E-state index contributed by atoms with van der Waals surface area (Å²) in [5.74, 6) is 0.953. The number of benzene rings is 1. The van der Waals surface area contributed by atoms with E-state index < -0.39 is 0 Å². The van der Waals surface area contributed by atoms with Crippen molar-refractivity contribution in [3.63, 3.8) is 0 Å². The van der Waals surface area contributed by atoms with Crippen LogP contribution >= 0.6 is 0 Å². The van der Waals surface area contributed by atoms with Crippen molar-refractivity contribution in [2.75, 3.05) is 11.9 Å². The maximum Gasteiger partial charge on any atom is 0.131 e. The van der Waals surface area contributed by atoms with Gasteiger partial charge in [-0.15, -0.1) is 0 Å². The zero-order valence-corrected chi connectivity index (χ0v) is 11.6. The number of anilines is 1. The van der Waals surface area contributed by atoms with E-state index in [0.29, 0.717) is 0 Å². The maximum atomic E-state index is 4.47. The fourth-order valence-corrected chi connectivity index (χ4v) is 2.28. The van der Waals surface area contributed by atoms with Gasteiger partial charge in [-0.1, -0.05) is 31.2 Å². The van der Waals surface area contributed by atoms with Crippen LogP contribution in [-0.4, -0.2) is 21.3 Å². The van der Waals surface area contributed by atoms with Gasteiger partial charge in [-0.2, -0.15) is 5.10 Å². The lowest BCUT2D eigenvalue weighted by molar-refractivity contribution is 0.710. The molecule has 0 bridgehead atoms. The number of hydrogen-bond acceptors (Lipinski definition) is 3. The van der Waals surface area contributed by atoms with Crippen molar-refractivity contribution in [3.8, 4) is 0 Å². The van der Waals surface area contributed by atoms with E-state index >= 15 is 0 Å². The number of aromatic nitrogens is 3. The van der Waals surface area contributed by atoms with Crippen LogP contribution in [0, 0.1) is 0 Å². The molecule has 1 N–H and O–H groups in total. The zero-order valence-electron chi connectivity index (χ0n) is 11.6. The fraction of sp³-hybridized carbons (Fsp3) is 0.250. The molecule has 0 saturated carbocycles. The van der Waals surface area contributed by atoms with E-state index in [1.165, 1.54) is 5.39 Å². The van der Waals surface area contributed by atoms with Crippen molar-refractivity contribution < 1.29 is 0 Å². The van der Waals surface area contributed by atoms with Crippen LogP contribution in [0.25, 0.3) is 10.9 Å². The summed E-state index contributed by atoms with van der Waals surface area (Å²) >= 11 is 0. The Morgan fingerprint density at radius 2 is 2.05 bits per heavy atom. The maximum absolute atomic E-state index is 4.47. The first-order valence-corrected chi connectivity index (χ1v) is 6.97. The summed E-state index contributed by atoms with van der Waals surface area (Å²) < 4.78 is 2.02. The van der Waals surface area contributed by atoms with E-state index in [1.54, 1.807) is 0 Å². The Labute approximate surface area is 118 Å². The molecule has 0 fully saturated rings. The van der Waals surface area contributed by atoms with Gasteiger partial charge in [0, 0.05) is 23.7 Å². The van der Waals surface area contributed by atoms with Gasteiger partial charge in [0.05, 0.1) is 18.3 Å². The predicted molar refractivity (Wildman–Crippen MR) is 81.9 cm³/mol. The van der Waals surface area contributed by atoms with Gasteiger partial charge in [-0.05, 0) is 18.6 Å². The van der Waals surface area contributed by atoms with Crippen LogP contribution in [0.4, 0.5) is 5.82 Å². The van der Waals surface area contributed by atoms with Gasteiger partial charge >= 0.3 is 0 Å². The number of para-hydroxylation sites is 1.